The van der Waals surface area contributed by atoms with Gasteiger partial charge in [0.2, 0.25) is 11.8 Å². The average Bonchev–Trinajstić information content (AvgIpc) is 3.39. The number of nitrogens with one attached hydrogen (secondary N) is 2. The summed E-state index contributed by atoms with van der Waals surface area (Å²) in [4.78, 5) is 30.2. The molecule has 1 aliphatic rings. The lowest BCUT2D eigenvalue weighted by molar-refractivity contribution is -0.137. The Bertz CT molecular complexity index is 915. The number of hydrogen-bond acceptors (Lipinski definition) is 5. The van der Waals surface area contributed by atoms with Crippen molar-refractivity contribution in [2.45, 2.75) is 51.4 Å². The Kier molecular flexibility index (Phi) is 7.13. The van der Waals surface area contributed by atoms with Crippen LogP contribution in [0.2, 0.25) is 0 Å². The van der Waals surface area contributed by atoms with Crippen LogP contribution in [0.5, 0.6) is 0 Å². The van der Waals surface area contributed by atoms with E-state index in [2.05, 4.69) is 20.8 Å². The van der Waals surface area contributed by atoms with Gasteiger partial charge in [-0.3, -0.25) is 4.79 Å². The van der Waals surface area contributed by atoms with Gasteiger partial charge in [0.1, 0.15) is 0 Å². The molecule has 1 fully saturated rings. The minimum atomic E-state index is -4.43. The largest absolute Gasteiger partial charge is 0.416 e. The predicted octanol–water partition coefficient (Wildman–Crippen LogP) is 3.20. The fourth-order valence-electron chi connectivity index (χ4n) is 3.40. The minimum absolute atomic E-state index is 0.0125. The summed E-state index contributed by atoms with van der Waals surface area (Å²) in [6.07, 6.45) is -2.63. The number of alkyl halides is 3. The molecule has 1 aromatic carbocycles. The van der Waals surface area contributed by atoms with E-state index in [1.807, 2.05) is 6.92 Å². The Balaban J connectivity index is 1.49. The number of urea groups is 1. The monoisotopic (exact) mass is 439 g/mol. The number of likely N-dealkylation sites (tertiary alicyclic amines) is 1. The van der Waals surface area contributed by atoms with Gasteiger partial charge in [0.25, 0.3) is 0 Å². The normalized spacial score (nSPS) is 16.4. The van der Waals surface area contributed by atoms with Crippen molar-refractivity contribution in [2.75, 3.05) is 13.1 Å². The van der Waals surface area contributed by atoms with Crippen molar-refractivity contribution < 1.29 is 27.3 Å². The molecule has 31 heavy (non-hydrogen) atoms. The zero-order chi connectivity index (χ0) is 22.4. The highest BCUT2D eigenvalue weighted by Gasteiger charge is 2.33. The van der Waals surface area contributed by atoms with E-state index < -0.39 is 11.7 Å². The number of hydrogen-bond donors (Lipinski definition) is 2. The van der Waals surface area contributed by atoms with Gasteiger partial charge >= 0.3 is 12.2 Å². The van der Waals surface area contributed by atoms with Gasteiger partial charge in [-0.15, -0.1) is 0 Å². The van der Waals surface area contributed by atoms with Crippen molar-refractivity contribution in [3.8, 4) is 0 Å². The van der Waals surface area contributed by atoms with Crippen molar-refractivity contribution in [3.63, 3.8) is 0 Å². The molecule has 1 aromatic heterocycles. The van der Waals surface area contributed by atoms with Gasteiger partial charge in [-0.1, -0.05) is 17.3 Å². The maximum Gasteiger partial charge on any atom is 0.416 e. The van der Waals surface area contributed by atoms with Crippen molar-refractivity contribution in [2.24, 2.45) is 0 Å². The predicted molar refractivity (Wildman–Crippen MR) is 104 cm³/mol. The van der Waals surface area contributed by atoms with Crippen LogP contribution in [-0.4, -0.2) is 40.1 Å². The molecule has 3 amide bonds. The molecule has 3 rings (SSSR count). The summed E-state index contributed by atoms with van der Waals surface area (Å²) in [5, 5.41) is 9.30. The summed E-state index contributed by atoms with van der Waals surface area (Å²) >= 11 is 0. The van der Waals surface area contributed by atoms with Crippen LogP contribution >= 0.6 is 0 Å². The summed E-state index contributed by atoms with van der Waals surface area (Å²) in [6.45, 7) is 2.96. The fraction of sp³-hybridized carbons (Fsp3) is 0.500. The minimum Gasteiger partial charge on any atom is -0.352 e. The first kappa shape index (κ1) is 22.6. The van der Waals surface area contributed by atoms with E-state index in [9.17, 15) is 22.8 Å². The van der Waals surface area contributed by atoms with Crippen LogP contribution in [0.15, 0.2) is 28.8 Å². The van der Waals surface area contributed by atoms with Gasteiger partial charge < -0.3 is 20.1 Å². The summed E-state index contributed by atoms with van der Waals surface area (Å²) < 4.78 is 43.5. The number of aromatic nitrogens is 2. The third kappa shape index (κ3) is 5.96. The van der Waals surface area contributed by atoms with Crippen molar-refractivity contribution >= 4 is 11.9 Å². The highest BCUT2D eigenvalue weighted by molar-refractivity contribution is 5.76. The van der Waals surface area contributed by atoms with E-state index in [1.54, 1.807) is 4.90 Å². The Morgan fingerprint density at radius 3 is 2.84 bits per heavy atom. The summed E-state index contributed by atoms with van der Waals surface area (Å²) in [6, 6.07) is 4.37. The zero-order valence-electron chi connectivity index (χ0n) is 17.0. The Hall–Kier alpha value is -3.11. The number of aryl methyl sites for hydroxylation is 1. The number of rotatable bonds is 7. The van der Waals surface area contributed by atoms with E-state index >= 15 is 0 Å². The number of amides is 3. The summed E-state index contributed by atoms with van der Waals surface area (Å²) in [5.41, 5.74) is -0.402. The molecule has 2 N–H and O–H groups in total. The van der Waals surface area contributed by atoms with Crippen LogP contribution in [-0.2, 0) is 23.9 Å². The van der Waals surface area contributed by atoms with E-state index in [4.69, 9.17) is 4.52 Å². The Labute approximate surface area is 177 Å². The van der Waals surface area contributed by atoms with Crippen LogP contribution in [0.1, 0.15) is 55.1 Å². The average molecular weight is 439 g/mol. The fourth-order valence-corrected chi connectivity index (χ4v) is 3.40. The van der Waals surface area contributed by atoms with Gasteiger partial charge in [0.05, 0.1) is 11.6 Å². The molecule has 0 aliphatic carbocycles. The number of halogens is 3. The van der Waals surface area contributed by atoms with Crippen molar-refractivity contribution in [1.82, 2.24) is 25.7 Å². The second-order valence-corrected chi connectivity index (χ2v) is 7.21. The lowest BCUT2D eigenvalue weighted by atomic mass is 10.1. The highest BCUT2D eigenvalue weighted by Crippen LogP contribution is 2.30. The molecule has 11 heteroatoms. The van der Waals surface area contributed by atoms with Crippen LogP contribution in [0.25, 0.3) is 0 Å². The molecule has 0 saturated carbocycles. The third-order valence-electron chi connectivity index (χ3n) is 4.93. The molecule has 0 spiro atoms. The topological polar surface area (TPSA) is 100 Å². The van der Waals surface area contributed by atoms with Crippen molar-refractivity contribution in [3.05, 3.63) is 47.1 Å². The number of carbonyl (C=O) groups is 2. The SMILES string of the molecule is CCNC(=O)N1CCCC1c1noc(CCC(=O)NCc2cccc(C(F)(F)F)c2)n1. The number of nitrogens with zero attached hydrogens (tertiary/aromatic N) is 3. The molecule has 2 aromatic rings. The quantitative estimate of drug-likeness (QED) is 0.690. The van der Waals surface area contributed by atoms with Gasteiger partial charge in [0, 0.05) is 32.5 Å². The zero-order valence-corrected chi connectivity index (χ0v) is 17.0. The smallest absolute Gasteiger partial charge is 0.352 e. The van der Waals surface area contributed by atoms with Crippen molar-refractivity contribution in [1.29, 1.82) is 0 Å². The molecule has 168 valence electrons. The van der Waals surface area contributed by atoms with Gasteiger partial charge in [-0.25, -0.2) is 4.79 Å². The van der Waals surface area contributed by atoms with Crippen LogP contribution in [0, 0.1) is 0 Å². The van der Waals surface area contributed by atoms with E-state index in [0.29, 0.717) is 24.5 Å². The molecular weight excluding hydrogens is 415 g/mol. The molecule has 8 nitrogen and oxygen atoms in total. The Morgan fingerprint density at radius 2 is 2.10 bits per heavy atom. The van der Waals surface area contributed by atoms with Gasteiger partial charge in [-0.05, 0) is 37.5 Å². The third-order valence-corrected chi connectivity index (χ3v) is 4.93. The molecule has 0 radical (unpaired) electrons. The maximum atomic E-state index is 12.8. The molecule has 1 unspecified atom stereocenters. The maximum absolute atomic E-state index is 12.8. The molecule has 0 bridgehead atoms. The molecule has 2 heterocycles. The Morgan fingerprint density at radius 1 is 1.29 bits per heavy atom. The van der Waals surface area contributed by atoms with E-state index in [1.165, 1.54) is 12.1 Å². The number of benzene rings is 1. The van der Waals surface area contributed by atoms with Gasteiger partial charge in [0.15, 0.2) is 5.82 Å². The number of carbonyl (C=O) groups excluding carboxylic acids is 2. The lowest BCUT2D eigenvalue weighted by Gasteiger charge is -2.22. The molecule has 1 saturated heterocycles. The first-order valence-electron chi connectivity index (χ1n) is 10.1. The molecule has 1 atom stereocenters. The van der Waals surface area contributed by atoms with E-state index in [-0.39, 0.29) is 43.3 Å². The standard InChI is InChI=1S/C20H24F3N5O3/c1-2-24-19(30)28-10-4-7-15(28)18-26-17(31-27-18)9-8-16(29)25-12-13-5-3-6-14(11-13)20(21,22)23/h3,5-6,11,15H,2,4,7-10,12H2,1H3,(H,24,30)(H,25,29). The first-order chi connectivity index (χ1) is 14.8. The second kappa shape index (κ2) is 9.80. The van der Waals surface area contributed by atoms with Gasteiger partial charge in [-0.2, -0.15) is 18.2 Å². The van der Waals surface area contributed by atoms with Crippen LogP contribution in [0.4, 0.5) is 18.0 Å². The first-order valence-corrected chi connectivity index (χ1v) is 10.1. The highest BCUT2D eigenvalue weighted by atomic mass is 19.4. The molecular formula is C20H24F3N5O3. The van der Waals surface area contributed by atoms with Crippen LogP contribution in [0.3, 0.4) is 0 Å². The van der Waals surface area contributed by atoms with E-state index in [0.717, 1.165) is 25.0 Å². The summed E-state index contributed by atoms with van der Waals surface area (Å²) in [5.74, 6) is 0.331. The second-order valence-electron chi connectivity index (χ2n) is 7.21. The lowest BCUT2D eigenvalue weighted by Crippen LogP contribution is -2.39. The molecule has 1 aliphatic heterocycles. The summed E-state index contributed by atoms with van der Waals surface area (Å²) in [7, 11) is 0. The van der Waals surface area contributed by atoms with Crippen LogP contribution < -0.4 is 10.6 Å².